The Hall–Kier alpha value is -2.62. The van der Waals surface area contributed by atoms with Gasteiger partial charge in [-0.15, -0.1) is 0 Å². The van der Waals surface area contributed by atoms with Crippen LogP contribution in [0.4, 0.5) is 18.9 Å². The number of amides is 2. The number of anilines is 1. The molecule has 10 heteroatoms. The molecule has 7 nitrogen and oxygen atoms in total. The van der Waals surface area contributed by atoms with Crippen molar-refractivity contribution in [1.82, 2.24) is 10.3 Å². The van der Waals surface area contributed by atoms with Gasteiger partial charge in [-0.1, -0.05) is 0 Å². The molecule has 1 aromatic heterocycles. The van der Waals surface area contributed by atoms with Crippen molar-refractivity contribution in [2.45, 2.75) is 31.0 Å². The molecule has 1 heterocycles. The average molecular weight is 357 g/mol. The molecule has 1 atom stereocenters. The predicted octanol–water partition coefficient (Wildman–Crippen LogP) is 1.68. The molecule has 0 saturated heterocycles. The molecule has 3 rings (SSSR count). The lowest BCUT2D eigenvalue weighted by atomic mass is 10.3. The minimum atomic E-state index is -4.87. The smallest absolute Gasteiger partial charge is 0.416 e. The second kappa shape index (κ2) is 6.36. The van der Waals surface area contributed by atoms with Crippen LogP contribution in [0.25, 0.3) is 11.1 Å². The minimum Gasteiger partial charge on any atom is -0.440 e. The molecule has 0 aliphatic heterocycles. The standard InChI is InChI=1S/C15H14F3N3O4/c16-15(17,18)11(22)6-19-12(23)13(24)20-8-3-4-10-9(5-8)21-14(25-10)7-1-2-7/h3-5,7,11,22H,1-2,6H2,(H,19,23)(H,20,24)/t11-/m1/s1. The SMILES string of the molecule is O=C(NC[C@@H](O)C(F)(F)F)C(=O)Nc1ccc2oc(C3CC3)nc2c1. The number of rotatable bonds is 4. The molecule has 2 aromatic rings. The van der Waals surface area contributed by atoms with E-state index in [4.69, 9.17) is 9.52 Å². The predicted molar refractivity (Wildman–Crippen MR) is 79.7 cm³/mol. The van der Waals surface area contributed by atoms with Gasteiger partial charge in [-0.2, -0.15) is 13.2 Å². The Morgan fingerprint density at radius 1 is 1.32 bits per heavy atom. The molecule has 1 saturated carbocycles. The van der Waals surface area contributed by atoms with Gasteiger partial charge < -0.3 is 20.2 Å². The summed E-state index contributed by atoms with van der Waals surface area (Å²) in [6, 6.07) is 4.57. The number of fused-ring (bicyclic) bond motifs is 1. The van der Waals surface area contributed by atoms with Gasteiger partial charge >= 0.3 is 18.0 Å². The molecular formula is C15H14F3N3O4. The highest BCUT2D eigenvalue weighted by Gasteiger charge is 2.38. The van der Waals surface area contributed by atoms with Gasteiger partial charge in [0, 0.05) is 11.6 Å². The Balaban J connectivity index is 1.60. The lowest BCUT2D eigenvalue weighted by molar-refractivity contribution is -0.201. The highest BCUT2D eigenvalue weighted by atomic mass is 19.4. The lowest BCUT2D eigenvalue weighted by Gasteiger charge is -2.14. The van der Waals surface area contributed by atoms with Crippen molar-refractivity contribution in [2.24, 2.45) is 0 Å². The summed E-state index contributed by atoms with van der Waals surface area (Å²) in [5, 5.41) is 12.8. The summed E-state index contributed by atoms with van der Waals surface area (Å²) >= 11 is 0. The quantitative estimate of drug-likeness (QED) is 0.722. The van der Waals surface area contributed by atoms with E-state index in [0.717, 1.165) is 12.8 Å². The zero-order valence-corrected chi connectivity index (χ0v) is 12.8. The van der Waals surface area contributed by atoms with Crippen molar-refractivity contribution < 1.29 is 32.3 Å². The zero-order valence-electron chi connectivity index (χ0n) is 12.8. The van der Waals surface area contributed by atoms with Crippen LogP contribution >= 0.6 is 0 Å². The van der Waals surface area contributed by atoms with E-state index in [2.05, 4.69) is 10.3 Å². The van der Waals surface area contributed by atoms with Gasteiger partial charge in [-0.3, -0.25) is 9.59 Å². The minimum absolute atomic E-state index is 0.250. The maximum atomic E-state index is 12.1. The number of hydrogen-bond donors (Lipinski definition) is 3. The van der Waals surface area contributed by atoms with E-state index in [0.29, 0.717) is 22.9 Å². The number of benzene rings is 1. The first-order chi connectivity index (χ1) is 11.7. The summed E-state index contributed by atoms with van der Waals surface area (Å²) in [7, 11) is 0. The number of oxazole rings is 1. The van der Waals surface area contributed by atoms with E-state index in [9.17, 15) is 22.8 Å². The third-order valence-corrected chi connectivity index (χ3v) is 3.63. The van der Waals surface area contributed by atoms with E-state index >= 15 is 0 Å². The highest BCUT2D eigenvalue weighted by Crippen LogP contribution is 2.40. The summed E-state index contributed by atoms with van der Waals surface area (Å²) in [5.41, 5.74) is 1.30. The Morgan fingerprint density at radius 2 is 2.04 bits per heavy atom. The first-order valence-electron chi connectivity index (χ1n) is 7.48. The van der Waals surface area contributed by atoms with Crippen LogP contribution in [0.5, 0.6) is 0 Å². The number of carbonyl (C=O) groups is 2. The number of nitrogens with zero attached hydrogens (tertiary/aromatic N) is 1. The number of nitrogens with one attached hydrogen (secondary N) is 2. The Labute approximate surface area is 139 Å². The van der Waals surface area contributed by atoms with E-state index in [1.165, 1.54) is 12.1 Å². The molecule has 1 aromatic carbocycles. The molecule has 1 aliphatic carbocycles. The van der Waals surface area contributed by atoms with Crippen molar-refractivity contribution in [3.8, 4) is 0 Å². The van der Waals surface area contributed by atoms with E-state index in [1.54, 1.807) is 11.4 Å². The summed E-state index contributed by atoms with van der Waals surface area (Å²) in [6.45, 7) is -1.11. The summed E-state index contributed by atoms with van der Waals surface area (Å²) in [5.74, 6) is -1.50. The van der Waals surface area contributed by atoms with Crippen LogP contribution in [0.15, 0.2) is 22.6 Å². The number of carbonyl (C=O) groups excluding carboxylic acids is 2. The van der Waals surface area contributed by atoms with Crippen molar-refractivity contribution in [3.05, 3.63) is 24.1 Å². The third-order valence-electron chi connectivity index (χ3n) is 3.63. The van der Waals surface area contributed by atoms with E-state index < -0.39 is 30.6 Å². The van der Waals surface area contributed by atoms with Crippen molar-refractivity contribution in [1.29, 1.82) is 0 Å². The monoisotopic (exact) mass is 357 g/mol. The maximum absolute atomic E-state index is 12.1. The van der Waals surface area contributed by atoms with Crippen LogP contribution in [-0.2, 0) is 9.59 Å². The molecule has 0 radical (unpaired) electrons. The molecule has 134 valence electrons. The van der Waals surface area contributed by atoms with Crippen LogP contribution in [-0.4, -0.2) is 40.7 Å². The number of aromatic nitrogens is 1. The molecule has 1 aliphatic rings. The third kappa shape index (κ3) is 4.08. The largest absolute Gasteiger partial charge is 0.440 e. The van der Waals surface area contributed by atoms with Gasteiger partial charge in [0.1, 0.15) is 5.52 Å². The lowest BCUT2D eigenvalue weighted by Crippen LogP contribution is -2.44. The topological polar surface area (TPSA) is 104 Å². The first kappa shape index (κ1) is 17.2. The Bertz CT molecular complexity index is 814. The van der Waals surface area contributed by atoms with Gasteiger partial charge in [-0.05, 0) is 31.0 Å². The summed E-state index contributed by atoms with van der Waals surface area (Å²) < 4.78 is 42.0. The molecule has 3 N–H and O–H groups in total. The molecular weight excluding hydrogens is 343 g/mol. The van der Waals surface area contributed by atoms with Gasteiger partial charge in [0.15, 0.2) is 17.6 Å². The molecule has 1 fully saturated rings. The zero-order chi connectivity index (χ0) is 18.2. The van der Waals surface area contributed by atoms with E-state index in [1.807, 2.05) is 0 Å². The number of halogens is 3. The summed E-state index contributed by atoms with van der Waals surface area (Å²) in [6.07, 6.45) is -5.58. The fourth-order valence-electron chi connectivity index (χ4n) is 2.10. The van der Waals surface area contributed by atoms with Crippen molar-refractivity contribution >= 4 is 28.6 Å². The normalized spacial score (nSPS) is 15.8. The highest BCUT2D eigenvalue weighted by molar-refractivity contribution is 6.39. The van der Waals surface area contributed by atoms with Gasteiger partial charge in [0.25, 0.3) is 0 Å². The fraction of sp³-hybridized carbons (Fsp3) is 0.400. The van der Waals surface area contributed by atoms with Gasteiger partial charge in [-0.25, -0.2) is 4.98 Å². The number of alkyl halides is 3. The maximum Gasteiger partial charge on any atom is 0.416 e. The number of aliphatic hydroxyl groups is 1. The Morgan fingerprint density at radius 3 is 2.68 bits per heavy atom. The number of hydrogen-bond acceptors (Lipinski definition) is 5. The van der Waals surface area contributed by atoms with E-state index in [-0.39, 0.29) is 5.69 Å². The molecule has 0 unspecified atom stereocenters. The van der Waals surface area contributed by atoms with Gasteiger partial charge in [0.2, 0.25) is 0 Å². The van der Waals surface area contributed by atoms with Crippen molar-refractivity contribution in [3.63, 3.8) is 0 Å². The van der Waals surface area contributed by atoms with Crippen LogP contribution in [0, 0.1) is 0 Å². The molecule has 2 amide bonds. The fourth-order valence-corrected chi connectivity index (χ4v) is 2.10. The van der Waals surface area contributed by atoms with Crippen molar-refractivity contribution in [2.75, 3.05) is 11.9 Å². The summed E-state index contributed by atoms with van der Waals surface area (Å²) in [4.78, 5) is 27.5. The van der Waals surface area contributed by atoms with Crippen LogP contribution in [0.2, 0.25) is 0 Å². The molecule has 0 spiro atoms. The second-order valence-corrected chi connectivity index (χ2v) is 5.73. The van der Waals surface area contributed by atoms with Crippen LogP contribution in [0.3, 0.4) is 0 Å². The number of aliphatic hydroxyl groups excluding tert-OH is 1. The van der Waals surface area contributed by atoms with Gasteiger partial charge in [0.05, 0.1) is 6.54 Å². The first-order valence-corrected chi connectivity index (χ1v) is 7.48. The average Bonchev–Trinajstić information content (AvgIpc) is 3.31. The Kier molecular flexibility index (Phi) is 4.38. The second-order valence-electron chi connectivity index (χ2n) is 5.73. The molecule has 0 bridgehead atoms. The van der Waals surface area contributed by atoms with Crippen LogP contribution in [0.1, 0.15) is 24.7 Å². The van der Waals surface area contributed by atoms with Crippen LogP contribution < -0.4 is 10.6 Å². The molecule has 25 heavy (non-hydrogen) atoms.